The van der Waals surface area contributed by atoms with E-state index in [0.29, 0.717) is 11.3 Å². The van der Waals surface area contributed by atoms with Crippen LogP contribution in [0.3, 0.4) is 0 Å². The molecule has 2 rings (SSSR count). The lowest BCUT2D eigenvalue weighted by atomic mass is 9.93. The van der Waals surface area contributed by atoms with Gasteiger partial charge in [-0.3, -0.25) is 4.79 Å². The van der Waals surface area contributed by atoms with E-state index >= 15 is 0 Å². The van der Waals surface area contributed by atoms with Gasteiger partial charge in [-0.05, 0) is 6.07 Å². The Balaban J connectivity index is 2.59. The second-order valence-electron chi connectivity index (χ2n) is 3.30. The molecule has 78 valence electrons. The molecule has 0 spiro atoms. The fourth-order valence-electron chi connectivity index (χ4n) is 1.64. The molecular formula is C10H10N2O3. The van der Waals surface area contributed by atoms with Crippen LogP contribution in [0.1, 0.15) is 5.56 Å². The molecule has 1 heterocycles. The van der Waals surface area contributed by atoms with Crippen LogP contribution in [0.5, 0.6) is 0 Å². The van der Waals surface area contributed by atoms with Crippen molar-refractivity contribution in [2.75, 3.05) is 12.4 Å². The standard InChI is InChI=1S/C10H10N2O3/c1-15-9(14)10(11)6-4-2-3-5-7(6)12-8(10)13/h2-5H,11H2,1H3,(H,12,13)/t10-/m0/s1. The third-order valence-electron chi connectivity index (χ3n) is 2.47. The van der Waals surface area contributed by atoms with Crippen LogP contribution in [0.4, 0.5) is 5.69 Å². The fourth-order valence-corrected chi connectivity index (χ4v) is 1.64. The monoisotopic (exact) mass is 206 g/mol. The summed E-state index contributed by atoms with van der Waals surface area (Å²) >= 11 is 0. The van der Waals surface area contributed by atoms with Gasteiger partial charge in [-0.2, -0.15) is 0 Å². The van der Waals surface area contributed by atoms with Gasteiger partial charge in [0.1, 0.15) is 0 Å². The molecule has 0 saturated heterocycles. The van der Waals surface area contributed by atoms with E-state index in [4.69, 9.17) is 5.73 Å². The van der Waals surface area contributed by atoms with Crippen molar-refractivity contribution in [3.8, 4) is 0 Å². The smallest absolute Gasteiger partial charge is 0.340 e. The summed E-state index contributed by atoms with van der Waals surface area (Å²) in [7, 11) is 1.20. The van der Waals surface area contributed by atoms with Crippen LogP contribution in [0.15, 0.2) is 24.3 Å². The quantitative estimate of drug-likeness (QED) is 0.499. The van der Waals surface area contributed by atoms with Crippen LogP contribution in [0, 0.1) is 0 Å². The van der Waals surface area contributed by atoms with E-state index in [1.165, 1.54) is 7.11 Å². The zero-order chi connectivity index (χ0) is 11.1. The predicted molar refractivity (Wildman–Crippen MR) is 53.0 cm³/mol. The Morgan fingerprint density at radius 1 is 1.47 bits per heavy atom. The molecule has 0 aliphatic carbocycles. The second kappa shape index (κ2) is 3.06. The van der Waals surface area contributed by atoms with Gasteiger partial charge < -0.3 is 15.8 Å². The van der Waals surface area contributed by atoms with Crippen LogP contribution in [0.25, 0.3) is 0 Å². The molecule has 0 fully saturated rings. The van der Waals surface area contributed by atoms with Crippen molar-refractivity contribution in [2.45, 2.75) is 5.54 Å². The van der Waals surface area contributed by atoms with Crippen molar-refractivity contribution >= 4 is 17.6 Å². The number of nitrogens with one attached hydrogen (secondary N) is 1. The maximum atomic E-state index is 11.6. The van der Waals surface area contributed by atoms with Gasteiger partial charge in [0, 0.05) is 11.3 Å². The summed E-state index contributed by atoms with van der Waals surface area (Å²) in [6.45, 7) is 0. The van der Waals surface area contributed by atoms with Crippen molar-refractivity contribution in [1.29, 1.82) is 0 Å². The molecule has 0 bridgehead atoms. The molecule has 5 heteroatoms. The number of esters is 1. The van der Waals surface area contributed by atoms with Gasteiger partial charge in [-0.15, -0.1) is 0 Å². The number of para-hydroxylation sites is 1. The number of fused-ring (bicyclic) bond motifs is 1. The van der Waals surface area contributed by atoms with Crippen molar-refractivity contribution in [2.24, 2.45) is 5.73 Å². The van der Waals surface area contributed by atoms with Gasteiger partial charge in [0.2, 0.25) is 5.54 Å². The number of amides is 1. The summed E-state index contributed by atoms with van der Waals surface area (Å²) < 4.78 is 4.54. The molecule has 0 saturated carbocycles. The molecule has 1 aromatic carbocycles. The number of rotatable bonds is 1. The van der Waals surface area contributed by atoms with E-state index in [9.17, 15) is 9.59 Å². The van der Waals surface area contributed by atoms with Gasteiger partial charge in [-0.1, -0.05) is 18.2 Å². The van der Waals surface area contributed by atoms with Crippen molar-refractivity contribution in [3.05, 3.63) is 29.8 Å². The highest BCUT2D eigenvalue weighted by molar-refractivity contribution is 6.18. The van der Waals surface area contributed by atoms with Crippen LogP contribution in [-0.2, 0) is 19.9 Å². The number of ether oxygens (including phenoxy) is 1. The van der Waals surface area contributed by atoms with Crippen LogP contribution >= 0.6 is 0 Å². The summed E-state index contributed by atoms with van der Waals surface area (Å²) in [6.07, 6.45) is 0. The summed E-state index contributed by atoms with van der Waals surface area (Å²) in [5, 5.41) is 2.54. The first-order valence-corrected chi connectivity index (χ1v) is 4.39. The van der Waals surface area contributed by atoms with Crippen LogP contribution < -0.4 is 11.1 Å². The summed E-state index contributed by atoms with van der Waals surface area (Å²) in [5.41, 5.74) is 5.06. The maximum Gasteiger partial charge on any atom is 0.340 e. The summed E-state index contributed by atoms with van der Waals surface area (Å²) in [5.74, 6) is -1.32. The summed E-state index contributed by atoms with van der Waals surface area (Å²) in [4.78, 5) is 23.1. The van der Waals surface area contributed by atoms with Crippen LogP contribution in [0.2, 0.25) is 0 Å². The highest BCUT2D eigenvalue weighted by Crippen LogP contribution is 2.34. The molecule has 1 aromatic rings. The van der Waals surface area contributed by atoms with Gasteiger partial charge in [0.05, 0.1) is 7.11 Å². The Morgan fingerprint density at radius 3 is 2.80 bits per heavy atom. The molecule has 5 nitrogen and oxygen atoms in total. The second-order valence-corrected chi connectivity index (χ2v) is 3.30. The molecule has 0 unspecified atom stereocenters. The zero-order valence-corrected chi connectivity index (χ0v) is 8.11. The summed E-state index contributed by atoms with van der Waals surface area (Å²) in [6, 6.07) is 6.78. The Hall–Kier alpha value is -1.88. The van der Waals surface area contributed by atoms with Gasteiger partial charge in [0.15, 0.2) is 0 Å². The maximum absolute atomic E-state index is 11.6. The highest BCUT2D eigenvalue weighted by Gasteiger charge is 2.50. The van der Waals surface area contributed by atoms with E-state index in [2.05, 4.69) is 10.1 Å². The average Bonchev–Trinajstić information content (AvgIpc) is 2.52. The number of nitrogens with two attached hydrogens (primary N) is 1. The molecule has 1 atom stereocenters. The minimum atomic E-state index is -1.72. The van der Waals surface area contributed by atoms with E-state index in [0.717, 1.165) is 0 Å². The van der Waals surface area contributed by atoms with Crippen molar-refractivity contribution < 1.29 is 14.3 Å². The molecule has 0 aromatic heterocycles. The lowest BCUT2D eigenvalue weighted by Crippen LogP contribution is -2.51. The number of carbonyl (C=O) groups excluding carboxylic acids is 2. The number of methoxy groups -OCH3 is 1. The third kappa shape index (κ3) is 1.13. The molecule has 1 aliphatic heterocycles. The zero-order valence-electron chi connectivity index (χ0n) is 8.11. The predicted octanol–water partition coefficient (Wildman–Crippen LogP) is -0.0343. The Morgan fingerprint density at radius 2 is 2.13 bits per heavy atom. The SMILES string of the molecule is COC(=O)[C@@]1(N)C(=O)Nc2ccccc21. The molecule has 0 radical (unpaired) electrons. The van der Waals surface area contributed by atoms with Crippen molar-refractivity contribution in [3.63, 3.8) is 0 Å². The molecular weight excluding hydrogens is 196 g/mol. The van der Waals surface area contributed by atoms with Gasteiger partial charge >= 0.3 is 5.97 Å². The molecule has 3 N–H and O–H groups in total. The van der Waals surface area contributed by atoms with Crippen molar-refractivity contribution in [1.82, 2.24) is 0 Å². The van der Waals surface area contributed by atoms with Gasteiger partial charge in [-0.25, -0.2) is 4.79 Å². The Labute approximate surface area is 86.2 Å². The molecule has 1 aliphatic rings. The topological polar surface area (TPSA) is 81.4 Å². The average molecular weight is 206 g/mol. The first-order chi connectivity index (χ1) is 7.10. The third-order valence-corrected chi connectivity index (χ3v) is 2.47. The first-order valence-electron chi connectivity index (χ1n) is 4.39. The van der Waals surface area contributed by atoms with Gasteiger partial charge in [0.25, 0.3) is 5.91 Å². The lowest BCUT2D eigenvalue weighted by molar-refractivity contribution is -0.150. The first kappa shape index (κ1) is 9.67. The number of benzene rings is 1. The Bertz CT molecular complexity index is 434. The fraction of sp³-hybridized carbons (Fsp3) is 0.200. The number of anilines is 1. The lowest BCUT2D eigenvalue weighted by Gasteiger charge is -2.18. The molecule has 15 heavy (non-hydrogen) atoms. The number of carbonyl (C=O) groups is 2. The minimum Gasteiger partial charge on any atom is -0.467 e. The normalized spacial score (nSPS) is 23.2. The van der Waals surface area contributed by atoms with Crippen LogP contribution in [-0.4, -0.2) is 19.0 Å². The number of hydrogen-bond acceptors (Lipinski definition) is 4. The Kier molecular flexibility index (Phi) is 1.97. The van der Waals surface area contributed by atoms with E-state index < -0.39 is 17.4 Å². The van der Waals surface area contributed by atoms with E-state index in [1.807, 2.05) is 0 Å². The number of hydrogen-bond donors (Lipinski definition) is 2. The molecule has 1 amide bonds. The largest absolute Gasteiger partial charge is 0.467 e. The highest BCUT2D eigenvalue weighted by atomic mass is 16.5. The minimum absolute atomic E-state index is 0.446. The van der Waals surface area contributed by atoms with E-state index in [1.54, 1.807) is 24.3 Å². The van der Waals surface area contributed by atoms with E-state index in [-0.39, 0.29) is 0 Å².